The normalized spacial score (nSPS) is 12.0. The largest absolute Gasteiger partial charge is 0.396 e. The molecule has 0 aliphatic rings. The molecule has 0 saturated carbocycles. The molecule has 0 bridgehead atoms. The number of nitrogens with one attached hydrogen (secondary N) is 2. The highest BCUT2D eigenvalue weighted by Gasteiger charge is 2.13. The molecule has 0 aromatic heterocycles. The number of benzene rings is 2. The summed E-state index contributed by atoms with van der Waals surface area (Å²) < 4.78 is 0. The molecule has 1 amide bonds. The van der Waals surface area contributed by atoms with Crippen LogP contribution in [0.2, 0.25) is 0 Å². The summed E-state index contributed by atoms with van der Waals surface area (Å²) in [5.74, 6) is -0.0615. The molecule has 0 radical (unpaired) electrons. The van der Waals surface area contributed by atoms with Gasteiger partial charge in [-0.15, -0.1) is 0 Å². The van der Waals surface area contributed by atoms with Gasteiger partial charge in [0.1, 0.15) is 0 Å². The van der Waals surface area contributed by atoms with Crippen LogP contribution in [0.1, 0.15) is 35.6 Å². The third-order valence-electron chi connectivity index (χ3n) is 4.03. The fraction of sp³-hybridized carbons (Fsp3) is 0.350. The lowest BCUT2D eigenvalue weighted by Gasteiger charge is -2.19. The van der Waals surface area contributed by atoms with Crippen molar-refractivity contribution in [1.82, 2.24) is 5.32 Å². The van der Waals surface area contributed by atoms with Crippen molar-refractivity contribution in [3.8, 4) is 0 Å². The first-order chi connectivity index (χ1) is 11.6. The first kappa shape index (κ1) is 18.2. The average molecular weight is 326 g/mol. The summed E-state index contributed by atoms with van der Waals surface area (Å²) in [6.07, 6.45) is 1.49. The molecule has 2 aromatic rings. The minimum absolute atomic E-state index is 0.0581. The third kappa shape index (κ3) is 5.48. The quantitative estimate of drug-likeness (QED) is 0.697. The summed E-state index contributed by atoms with van der Waals surface area (Å²) >= 11 is 0. The highest BCUT2D eigenvalue weighted by Crippen LogP contribution is 2.19. The van der Waals surface area contributed by atoms with E-state index in [1.54, 1.807) is 0 Å². The highest BCUT2D eigenvalue weighted by atomic mass is 16.2. The van der Waals surface area contributed by atoms with Gasteiger partial charge < -0.3 is 15.7 Å². The van der Waals surface area contributed by atoms with E-state index in [0.717, 1.165) is 28.8 Å². The zero-order valence-electron chi connectivity index (χ0n) is 14.4. The topological polar surface area (TPSA) is 61.4 Å². The van der Waals surface area contributed by atoms with Crippen molar-refractivity contribution in [2.24, 2.45) is 0 Å². The molecule has 0 aliphatic heterocycles. The van der Waals surface area contributed by atoms with Gasteiger partial charge in [-0.05, 0) is 49.4 Å². The van der Waals surface area contributed by atoms with Gasteiger partial charge in [-0.1, -0.05) is 42.5 Å². The van der Waals surface area contributed by atoms with Crippen molar-refractivity contribution in [2.75, 3.05) is 18.5 Å². The number of aryl methyl sites for hydroxylation is 2. The summed E-state index contributed by atoms with van der Waals surface area (Å²) in [5, 5.41) is 15.3. The van der Waals surface area contributed by atoms with Crippen molar-refractivity contribution >= 4 is 11.6 Å². The summed E-state index contributed by atoms with van der Waals surface area (Å²) in [6.45, 7) is 4.38. The van der Waals surface area contributed by atoms with Gasteiger partial charge >= 0.3 is 0 Å². The minimum Gasteiger partial charge on any atom is -0.396 e. The maximum absolute atomic E-state index is 12.3. The second-order valence-electron chi connectivity index (χ2n) is 6.08. The Balaban J connectivity index is 1.95. The van der Waals surface area contributed by atoms with Crippen LogP contribution >= 0.6 is 0 Å². The second kappa shape index (κ2) is 9.21. The van der Waals surface area contributed by atoms with E-state index in [4.69, 9.17) is 5.11 Å². The Morgan fingerprint density at radius 1 is 1.12 bits per heavy atom. The predicted octanol–water partition coefficient (Wildman–Crippen LogP) is 3.35. The molecule has 0 spiro atoms. The number of amides is 1. The van der Waals surface area contributed by atoms with Gasteiger partial charge in [0.15, 0.2) is 0 Å². The monoisotopic (exact) mass is 326 g/mol. The summed E-state index contributed by atoms with van der Waals surface area (Å²) in [4.78, 5) is 12.3. The molecule has 2 rings (SSSR count). The molecule has 2 aromatic carbocycles. The van der Waals surface area contributed by atoms with Crippen LogP contribution in [0.5, 0.6) is 0 Å². The Kier molecular flexibility index (Phi) is 6.97. The Morgan fingerprint density at radius 2 is 1.88 bits per heavy atom. The molecule has 0 saturated heterocycles. The van der Waals surface area contributed by atoms with E-state index < -0.39 is 0 Å². The molecule has 0 aliphatic carbocycles. The number of aliphatic hydroxyl groups is 1. The lowest BCUT2D eigenvalue weighted by Crippen LogP contribution is -2.31. The molecule has 128 valence electrons. The number of carbonyl (C=O) groups is 1. The Bertz CT molecular complexity index is 656. The predicted molar refractivity (Wildman–Crippen MR) is 98.1 cm³/mol. The van der Waals surface area contributed by atoms with Crippen molar-refractivity contribution in [2.45, 2.75) is 32.7 Å². The molecule has 4 nitrogen and oxygen atoms in total. The molecule has 1 unspecified atom stereocenters. The number of rotatable bonds is 8. The van der Waals surface area contributed by atoms with E-state index in [2.05, 4.69) is 10.6 Å². The van der Waals surface area contributed by atoms with Crippen LogP contribution in [-0.2, 0) is 4.79 Å². The zero-order chi connectivity index (χ0) is 17.4. The van der Waals surface area contributed by atoms with Gasteiger partial charge in [-0.3, -0.25) is 4.79 Å². The number of carbonyl (C=O) groups excluding carboxylic acids is 1. The van der Waals surface area contributed by atoms with E-state index in [-0.39, 0.29) is 25.1 Å². The average Bonchev–Trinajstić information content (AvgIpc) is 2.59. The minimum atomic E-state index is -0.0615. The number of hydrogen-bond donors (Lipinski definition) is 3. The van der Waals surface area contributed by atoms with Gasteiger partial charge in [0, 0.05) is 18.3 Å². The van der Waals surface area contributed by atoms with E-state index in [0.29, 0.717) is 6.42 Å². The van der Waals surface area contributed by atoms with E-state index >= 15 is 0 Å². The zero-order valence-corrected chi connectivity index (χ0v) is 14.4. The fourth-order valence-electron chi connectivity index (χ4n) is 2.65. The van der Waals surface area contributed by atoms with Gasteiger partial charge in [0.2, 0.25) is 5.91 Å². The van der Waals surface area contributed by atoms with Crippen molar-refractivity contribution < 1.29 is 9.90 Å². The molecule has 4 heteroatoms. The molecule has 0 fully saturated rings. The highest BCUT2D eigenvalue weighted by molar-refractivity contribution is 5.93. The van der Waals surface area contributed by atoms with Gasteiger partial charge in [-0.2, -0.15) is 0 Å². The third-order valence-corrected chi connectivity index (χ3v) is 4.03. The second-order valence-corrected chi connectivity index (χ2v) is 6.08. The van der Waals surface area contributed by atoms with Crippen LogP contribution < -0.4 is 10.6 Å². The summed E-state index contributed by atoms with van der Waals surface area (Å²) in [6, 6.07) is 16.1. The summed E-state index contributed by atoms with van der Waals surface area (Å²) in [7, 11) is 0. The van der Waals surface area contributed by atoms with Crippen molar-refractivity contribution in [1.29, 1.82) is 0 Å². The molecular weight excluding hydrogens is 300 g/mol. The van der Waals surface area contributed by atoms with E-state index in [1.165, 1.54) is 0 Å². The van der Waals surface area contributed by atoms with Crippen LogP contribution in [0.3, 0.4) is 0 Å². The van der Waals surface area contributed by atoms with Crippen LogP contribution in [-0.4, -0.2) is 24.2 Å². The SMILES string of the molecule is Cc1ccc(C)c(NC(=O)CNC(CCCO)c2ccccc2)c1. The molecule has 1 atom stereocenters. The van der Waals surface area contributed by atoms with Crippen LogP contribution in [0.25, 0.3) is 0 Å². The smallest absolute Gasteiger partial charge is 0.238 e. The van der Waals surface area contributed by atoms with Gasteiger partial charge in [0.25, 0.3) is 0 Å². The molecule has 3 N–H and O–H groups in total. The van der Waals surface area contributed by atoms with Crippen LogP contribution in [0.4, 0.5) is 5.69 Å². The Morgan fingerprint density at radius 3 is 2.58 bits per heavy atom. The lowest BCUT2D eigenvalue weighted by molar-refractivity contribution is -0.115. The van der Waals surface area contributed by atoms with Crippen LogP contribution in [0, 0.1) is 13.8 Å². The molecular formula is C20H26N2O2. The standard InChI is InChI=1S/C20H26N2O2/c1-15-10-11-16(2)19(13-15)22-20(24)14-21-18(9-6-12-23)17-7-4-3-5-8-17/h3-5,7-8,10-11,13,18,21,23H,6,9,12,14H2,1-2H3,(H,22,24). The van der Waals surface area contributed by atoms with Gasteiger partial charge in [-0.25, -0.2) is 0 Å². The maximum Gasteiger partial charge on any atom is 0.238 e. The first-order valence-corrected chi connectivity index (χ1v) is 8.36. The molecule has 24 heavy (non-hydrogen) atoms. The summed E-state index contributed by atoms with van der Waals surface area (Å²) in [5.41, 5.74) is 4.15. The Labute approximate surface area is 143 Å². The van der Waals surface area contributed by atoms with Crippen molar-refractivity contribution in [3.05, 3.63) is 65.2 Å². The van der Waals surface area contributed by atoms with E-state index in [1.807, 2.05) is 62.4 Å². The Hall–Kier alpha value is -2.17. The number of anilines is 1. The van der Waals surface area contributed by atoms with Crippen LogP contribution in [0.15, 0.2) is 48.5 Å². The van der Waals surface area contributed by atoms with Gasteiger partial charge in [0.05, 0.1) is 6.54 Å². The molecule has 0 heterocycles. The number of aliphatic hydroxyl groups excluding tert-OH is 1. The maximum atomic E-state index is 12.3. The lowest BCUT2D eigenvalue weighted by atomic mass is 10.0. The van der Waals surface area contributed by atoms with Crippen molar-refractivity contribution in [3.63, 3.8) is 0 Å². The number of hydrogen-bond acceptors (Lipinski definition) is 3. The van der Waals surface area contributed by atoms with E-state index in [9.17, 15) is 4.79 Å². The first-order valence-electron chi connectivity index (χ1n) is 8.36. The fourth-order valence-corrected chi connectivity index (χ4v) is 2.65.